The number of allylic oxidation sites excluding steroid dienone is 2. The van der Waals surface area contributed by atoms with Crippen molar-refractivity contribution < 1.29 is 21.7 Å². The minimum atomic E-state index is -0.797. The summed E-state index contributed by atoms with van der Waals surface area (Å²) in [5.41, 5.74) is 7.63. The first-order valence-corrected chi connectivity index (χ1v) is 14.6. The van der Waals surface area contributed by atoms with Gasteiger partial charge in [-0.05, 0) is 83.6 Å². The number of benzene rings is 2. The quantitative estimate of drug-likeness (QED) is 0.442. The van der Waals surface area contributed by atoms with Gasteiger partial charge in [0.05, 0.1) is 14.3 Å². The second-order valence-corrected chi connectivity index (χ2v) is 13.3. The molecule has 3 heteroatoms. The van der Waals surface area contributed by atoms with Gasteiger partial charge < -0.3 is 5.32 Å². The molecule has 1 aliphatic carbocycles. The molecule has 1 nitrogen and oxygen atoms in total. The molecule has 32 heavy (non-hydrogen) atoms. The van der Waals surface area contributed by atoms with Crippen LogP contribution in [-0.4, -0.2) is 19.9 Å². The van der Waals surface area contributed by atoms with Crippen LogP contribution in [0.2, 0.25) is 13.1 Å². The number of nitrogens with one attached hydrogen (secondary N) is 1. The van der Waals surface area contributed by atoms with Crippen LogP contribution in [0.4, 0.5) is 0 Å². The summed E-state index contributed by atoms with van der Waals surface area (Å²) in [6.07, 6.45) is 2.26. The Labute approximate surface area is 214 Å². The van der Waals surface area contributed by atoms with E-state index in [4.69, 9.17) is 0 Å². The summed E-state index contributed by atoms with van der Waals surface area (Å²) in [5, 5.41) is 5.55. The topological polar surface area (TPSA) is 12.0 Å². The molecule has 3 rings (SSSR count). The van der Waals surface area contributed by atoms with Gasteiger partial charge in [0.25, 0.3) is 0 Å². The predicted octanol–water partition coefficient (Wildman–Crippen LogP) is 7.29. The molecule has 0 saturated carbocycles. The molecule has 2 aromatic carbocycles. The third-order valence-electron chi connectivity index (χ3n) is 6.41. The molecule has 172 valence electrons. The second-order valence-electron chi connectivity index (χ2n) is 10.4. The smallest absolute Gasteiger partial charge is 0.0627 e. The third kappa shape index (κ3) is 7.70. The van der Waals surface area contributed by atoms with Gasteiger partial charge in [0, 0.05) is 27.3 Å². The van der Waals surface area contributed by atoms with Gasteiger partial charge in [-0.3, -0.25) is 0 Å². The molecule has 1 unspecified atom stereocenters. The van der Waals surface area contributed by atoms with Gasteiger partial charge in [-0.1, -0.05) is 84.5 Å². The maximum atomic E-state index is 3.86. The Morgan fingerprint density at radius 2 is 1.16 bits per heavy atom. The Kier molecular flexibility index (Phi) is 11.1. The summed E-state index contributed by atoms with van der Waals surface area (Å²) in [5.74, 6) is 0. The molecule has 0 heterocycles. The van der Waals surface area contributed by atoms with Gasteiger partial charge in [0.1, 0.15) is 0 Å². The van der Waals surface area contributed by atoms with Crippen LogP contribution in [0.3, 0.4) is 0 Å². The summed E-state index contributed by atoms with van der Waals surface area (Å²) in [6.45, 7) is 20.9. The molecular weight excluding hydrogens is 438 g/mol. The molecule has 1 aliphatic rings. The van der Waals surface area contributed by atoms with Gasteiger partial charge in [0.15, 0.2) is 0 Å². The number of hydrogen-bond donors (Lipinski definition) is 1. The molecule has 0 spiro atoms. The molecule has 0 radical (unpaired) electrons. The molecule has 0 aromatic heterocycles. The van der Waals surface area contributed by atoms with Crippen LogP contribution >= 0.6 is 0 Å². The molecule has 0 fully saturated rings. The van der Waals surface area contributed by atoms with E-state index in [-0.39, 0.29) is 32.8 Å². The largest absolute Gasteiger partial charge is 0.300 e. The molecule has 1 atom stereocenters. The molecule has 0 aliphatic heterocycles. The van der Waals surface area contributed by atoms with Crippen molar-refractivity contribution >= 4 is 8.80 Å². The van der Waals surface area contributed by atoms with Crippen molar-refractivity contribution in [3.05, 3.63) is 93.7 Å². The summed E-state index contributed by atoms with van der Waals surface area (Å²) >= 11 is 0. The molecule has 0 amide bonds. The van der Waals surface area contributed by atoms with Crippen molar-refractivity contribution in [1.82, 2.24) is 5.32 Å². The van der Waals surface area contributed by atoms with Gasteiger partial charge in [-0.2, -0.15) is 0 Å². The summed E-state index contributed by atoms with van der Waals surface area (Å²) < 4.78 is 0. The monoisotopic (exact) mass is 481 g/mol. The van der Waals surface area contributed by atoms with Gasteiger partial charge in [0.2, 0.25) is 0 Å². The number of aryl methyl sites for hydroxylation is 2. The fourth-order valence-electron chi connectivity index (χ4n) is 4.93. The number of hydrogen-bond acceptors (Lipinski definition) is 1. The zero-order chi connectivity index (χ0) is 23.2. The second kappa shape index (κ2) is 12.3. The Hall–Kier alpha value is -1.19. The summed E-state index contributed by atoms with van der Waals surface area (Å²) in [4.78, 5) is 0. The van der Waals surface area contributed by atoms with Crippen LogP contribution < -0.4 is 5.32 Å². The van der Waals surface area contributed by atoms with E-state index in [0.29, 0.717) is 0 Å². The first-order chi connectivity index (χ1) is 14.5. The van der Waals surface area contributed by atoms with Crippen LogP contribution in [0.1, 0.15) is 59.6 Å². The zero-order valence-corrected chi connectivity index (χ0v) is 24.5. The average molecular weight is 482 g/mol. The van der Waals surface area contributed by atoms with E-state index >= 15 is 0 Å². The first kappa shape index (κ1) is 28.8. The predicted molar refractivity (Wildman–Crippen MR) is 142 cm³/mol. The normalized spacial score (nSPS) is 18.4. The fourth-order valence-corrected chi connectivity index (χ4v) is 7.46. The summed E-state index contributed by atoms with van der Waals surface area (Å²) in [7, 11) is -0.797. The Morgan fingerprint density at radius 1 is 0.750 bits per heavy atom. The molecule has 2 aromatic rings. The van der Waals surface area contributed by atoms with Crippen LogP contribution in [0, 0.1) is 0 Å². The van der Waals surface area contributed by atoms with E-state index in [2.05, 4.69) is 128 Å². The molecule has 0 saturated heterocycles. The Balaban J connectivity index is 0.000000315. The van der Waals surface area contributed by atoms with Crippen LogP contribution in [0.25, 0.3) is 0 Å². The van der Waals surface area contributed by atoms with E-state index in [9.17, 15) is 0 Å². The van der Waals surface area contributed by atoms with Crippen molar-refractivity contribution in [1.29, 1.82) is 0 Å². The van der Waals surface area contributed by atoms with Crippen molar-refractivity contribution in [2.75, 3.05) is 0 Å². The number of rotatable bonds is 5. The maximum absolute atomic E-state index is 3.86. The van der Waals surface area contributed by atoms with E-state index in [0.717, 1.165) is 12.8 Å². The van der Waals surface area contributed by atoms with Gasteiger partial charge in [-0.25, -0.2) is 0 Å². The van der Waals surface area contributed by atoms with E-state index < -0.39 is 8.80 Å². The van der Waals surface area contributed by atoms with Gasteiger partial charge in [-0.15, -0.1) is 0 Å². The summed E-state index contributed by atoms with van der Waals surface area (Å²) in [6, 6.07) is 21.2. The Bertz CT molecular complexity index is 868. The van der Waals surface area contributed by atoms with E-state index in [1.54, 1.807) is 10.8 Å². The van der Waals surface area contributed by atoms with E-state index in [1.165, 1.54) is 22.3 Å². The molecule has 1 N–H and O–H groups in total. The molecule has 0 bridgehead atoms. The Morgan fingerprint density at radius 3 is 1.50 bits per heavy atom. The van der Waals surface area contributed by atoms with Crippen molar-refractivity contribution in [2.45, 2.75) is 85.5 Å². The van der Waals surface area contributed by atoms with Crippen molar-refractivity contribution in [2.24, 2.45) is 0 Å². The third-order valence-corrected chi connectivity index (χ3v) is 8.57. The SMILES string of the molecule is CC1=C(C)C(C)(NC(C)(C)C)C([SiH](C)C)=C1C.[Ti].c1ccc(CCc2ccccc2)cc1. The minimum absolute atomic E-state index is 0. The first-order valence-electron chi connectivity index (χ1n) is 11.7. The van der Waals surface area contributed by atoms with E-state index in [1.807, 2.05) is 0 Å². The van der Waals surface area contributed by atoms with Crippen molar-refractivity contribution in [3.63, 3.8) is 0 Å². The minimum Gasteiger partial charge on any atom is -0.300 e. The maximum Gasteiger partial charge on any atom is 0.0627 e. The fraction of sp³-hybridized carbons (Fsp3) is 0.448. The van der Waals surface area contributed by atoms with Crippen LogP contribution in [0.5, 0.6) is 0 Å². The standard InChI is InChI=1S/C15H29NSi.C14H14.Ti/c1-10-11(2)13(17(8)9)15(7,12(10)3)16-14(4,5)6;1-3-7-13(8-4-1)11-12-14-9-5-2-6-10-14;/h16-17H,1-9H3;1-10H,11-12H2;. The molecular formula is C29H43NSiTi. The van der Waals surface area contributed by atoms with Crippen molar-refractivity contribution in [3.8, 4) is 0 Å². The average Bonchev–Trinajstić information content (AvgIpc) is 2.87. The van der Waals surface area contributed by atoms with Crippen LogP contribution in [0.15, 0.2) is 82.6 Å². The van der Waals surface area contributed by atoms with Gasteiger partial charge >= 0.3 is 0 Å². The zero-order valence-electron chi connectivity index (χ0n) is 21.8. The van der Waals surface area contributed by atoms with Crippen LogP contribution in [-0.2, 0) is 34.6 Å².